The molecule has 29 heavy (non-hydrogen) atoms. The summed E-state index contributed by atoms with van der Waals surface area (Å²) in [6.07, 6.45) is 1.60. The summed E-state index contributed by atoms with van der Waals surface area (Å²) >= 11 is 1.54. The van der Waals surface area contributed by atoms with Crippen molar-refractivity contribution in [3.05, 3.63) is 59.7 Å². The highest BCUT2D eigenvalue weighted by Gasteiger charge is 2.28. The predicted molar refractivity (Wildman–Crippen MR) is 118 cm³/mol. The van der Waals surface area contributed by atoms with E-state index < -0.39 is 10.0 Å². The fourth-order valence-corrected chi connectivity index (χ4v) is 6.42. The topological polar surface area (TPSA) is 85.5 Å². The van der Waals surface area contributed by atoms with Crippen LogP contribution in [0.25, 0.3) is 10.1 Å². The van der Waals surface area contributed by atoms with E-state index in [1.807, 2.05) is 43.3 Å². The predicted octanol–water partition coefficient (Wildman–Crippen LogP) is 3.32. The Labute approximate surface area is 175 Å². The summed E-state index contributed by atoms with van der Waals surface area (Å²) in [5, 5.41) is 1.91. The van der Waals surface area contributed by atoms with Gasteiger partial charge in [-0.25, -0.2) is 19.3 Å². The van der Waals surface area contributed by atoms with Crippen molar-refractivity contribution in [1.29, 1.82) is 0 Å². The number of nitrogens with one attached hydrogen (secondary N) is 4. The molecule has 2 heterocycles. The van der Waals surface area contributed by atoms with E-state index in [2.05, 4.69) is 28.8 Å². The molecule has 1 saturated heterocycles. The molecule has 7 nitrogen and oxygen atoms in total. The van der Waals surface area contributed by atoms with Crippen molar-refractivity contribution in [3.63, 3.8) is 0 Å². The Kier molecular flexibility index (Phi) is 5.86. The number of nitrogens with zero attached hydrogens (tertiary/aromatic N) is 1. The first-order chi connectivity index (χ1) is 14.0. The average molecular weight is 432 g/mol. The van der Waals surface area contributed by atoms with Crippen LogP contribution in [0.2, 0.25) is 0 Å². The first kappa shape index (κ1) is 20.3. The first-order valence-electron chi connectivity index (χ1n) is 9.64. The minimum absolute atomic E-state index is 0.132. The lowest BCUT2D eigenvalue weighted by Crippen LogP contribution is -2.33. The van der Waals surface area contributed by atoms with Crippen molar-refractivity contribution >= 4 is 36.4 Å². The van der Waals surface area contributed by atoms with Crippen LogP contribution >= 0.6 is 11.3 Å². The number of thiophene rings is 1. The summed E-state index contributed by atoms with van der Waals surface area (Å²) in [5.74, 6) is 0. The Morgan fingerprint density at radius 3 is 2.38 bits per heavy atom. The summed E-state index contributed by atoms with van der Waals surface area (Å²) in [7, 11) is -3.67. The summed E-state index contributed by atoms with van der Waals surface area (Å²) < 4.78 is 29.8. The van der Waals surface area contributed by atoms with E-state index in [1.165, 1.54) is 11.3 Å². The molecule has 0 atom stereocenters. The van der Waals surface area contributed by atoms with Gasteiger partial charge < -0.3 is 0 Å². The van der Waals surface area contributed by atoms with Gasteiger partial charge in [0.1, 0.15) is 11.2 Å². The van der Waals surface area contributed by atoms with Gasteiger partial charge >= 0.3 is 0 Å². The molecule has 0 spiro atoms. The third-order valence-electron chi connectivity index (χ3n) is 5.06. The summed E-state index contributed by atoms with van der Waals surface area (Å²) in [5.41, 5.74) is 13.5. The zero-order valence-electron chi connectivity index (χ0n) is 16.4. The maximum absolute atomic E-state index is 13.6. The van der Waals surface area contributed by atoms with E-state index >= 15 is 0 Å². The monoisotopic (exact) mass is 431 g/mol. The number of hydrogen-bond donors (Lipinski definition) is 4. The second kappa shape index (κ2) is 8.39. The van der Waals surface area contributed by atoms with Gasteiger partial charge in [-0.2, -0.15) is 11.1 Å². The molecular weight excluding hydrogens is 406 g/mol. The number of sulfonamides is 1. The average Bonchev–Trinajstić information content (AvgIpc) is 3.38. The van der Waals surface area contributed by atoms with Crippen LogP contribution in [-0.2, 0) is 10.0 Å². The van der Waals surface area contributed by atoms with E-state index in [-0.39, 0.29) is 6.17 Å². The lowest BCUT2D eigenvalue weighted by molar-refractivity contribution is 0.554. The minimum atomic E-state index is -3.67. The molecule has 154 valence electrons. The van der Waals surface area contributed by atoms with Gasteiger partial charge in [0.25, 0.3) is 10.0 Å². The number of benzene rings is 2. The maximum Gasteiger partial charge on any atom is 0.264 e. The zero-order valence-corrected chi connectivity index (χ0v) is 18.0. The van der Waals surface area contributed by atoms with E-state index in [0.717, 1.165) is 39.1 Å². The van der Waals surface area contributed by atoms with Crippen LogP contribution < -0.4 is 26.2 Å². The van der Waals surface area contributed by atoms with Crippen molar-refractivity contribution < 1.29 is 8.42 Å². The quantitative estimate of drug-likeness (QED) is 0.459. The normalized spacial score (nSPS) is 15.2. The number of hydrazine groups is 3. The van der Waals surface area contributed by atoms with Gasteiger partial charge in [-0.05, 0) is 48.1 Å². The second-order valence-electron chi connectivity index (χ2n) is 7.00. The van der Waals surface area contributed by atoms with Crippen LogP contribution in [0.15, 0.2) is 53.4 Å². The second-order valence-corrected chi connectivity index (χ2v) is 9.89. The van der Waals surface area contributed by atoms with Crippen LogP contribution in [-0.4, -0.2) is 15.0 Å². The Balaban J connectivity index is 1.72. The molecule has 1 aliphatic heterocycles. The van der Waals surface area contributed by atoms with Gasteiger partial charge in [-0.3, -0.25) is 4.31 Å². The van der Waals surface area contributed by atoms with Gasteiger partial charge in [-0.15, -0.1) is 11.3 Å². The third-order valence-corrected chi connectivity index (χ3v) is 8.28. The Bertz CT molecular complexity index is 1090. The molecule has 2 aromatic carbocycles. The molecule has 1 aromatic heterocycles. The molecule has 0 bridgehead atoms. The van der Waals surface area contributed by atoms with Gasteiger partial charge in [0.2, 0.25) is 0 Å². The standard InChI is InChI=1S/C20H25N5O2S2/c1-3-4-13-25(20-14(2)17-7-5-6-8-18(17)28-20)29(26,27)16-11-9-15(10-12-16)19-21-23-24-22-19/h5-12,19,21-24H,3-4,13H2,1-2H3. The van der Waals surface area contributed by atoms with E-state index in [9.17, 15) is 8.42 Å². The lowest BCUT2D eigenvalue weighted by Gasteiger charge is -2.24. The fraction of sp³-hybridized carbons (Fsp3) is 0.300. The molecule has 3 aromatic rings. The number of hydrogen-bond acceptors (Lipinski definition) is 7. The first-order valence-corrected chi connectivity index (χ1v) is 11.9. The van der Waals surface area contributed by atoms with Crippen molar-refractivity contribution in [1.82, 2.24) is 21.9 Å². The smallest absolute Gasteiger partial charge is 0.257 e. The highest BCUT2D eigenvalue weighted by molar-refractivity contribution is 7.93. The van der Waals surface area contributed by atoms with E-state index in [1.54, 1.807) is 16.4 Å². The number of unbranched alkanes of at least 4 members (excludes halogenated alkanes) is 1. The molecule has 4 N–H and O–H groups in total. The SMILES string of the molecule is CCCCN(c1sc2ccccc2c1C)S(=O)(=O)c1ccc(C2NNNN2)cc1. The largest absolute Gasteiger partial charge is 0.264 e. The van der Waals surface area contributed by atoms with Crippen LogP contribution in [0.5, 0.6) is 0 Å². The maximum atomic E-state index is 13.6. The van der Waals surface area contributed by atoms with Gasteiger partial charge in [-0.1, -0.05) is 43.7 Å². The number of aryl methyl sites for hydroxylation is 1. The Morgan fingerprint density at radius 1 is 1.03 bits per heavy atom. The van der Waals surface area contributed by atoms with Crippen LogP contribution in [0.1, 0.15) is 37.1 Å². The van der Waals surface area contributed by atoms with Crippen LogP contribution in [0.4, 0.5) is 5.00 Å². The van der Waals surface area contributed by atoms with Crippen molar-refractivity contribution in [2.75, 3.05) is 10.8 Å². The fourth-order valence-electron chi connectivity index (χ4n) is 3.41. The number of rotatable bonds is 7. The van der Waals surface area contributed by atoms with Crippen molar-refractivity contribution in [3.8, 4) is 0 Å². The van der Waals surface area contributed by atoms with Gasteiger partial charge in [0.15, 0.2) is 0 Å². The highest BCUT2D eigenvalue weighted by atomic mass is 32.2. The molecular formula is C20H25N5O2S2. The Hall–Kier alpha value is -2.01. The van der Waals surface area contributed by atoms with Crippen LogP contribution in [0.3, 0.4) is 0 Å². The summed E-state index contributed by atoms with van der Waals surface area (Å²) in [6, 6.07) is 15.1. The molecule has 1 fully saturated rings. The molecule has 9 heteroatoms. The zero-order chi connectivity index (χ0) is 20.4. The molecule has 0 saturated carbocycles. The Morgan fingerprint density at radius 2 is 1.72 bits per heavy atom. The summed E-state index contributed by atoms with van der Waals surface area (Å²) in [6.45, 7) is 4.54. The lowest BCUT2D eigenvalue weighted by atomic mass is 10.2. The molecule has 0 amide bonds. The van der Waals surface area contributed by atoms with Crippen molar-refractivity contribution in [2.24, 2.45) is 0 Å². The van der Waals surface area contributed by atoms with Gasteiger partial charge in [0.05, 0.1) is 4.90 Å². The molecule has 4 rings (SSSR count). The van der Waals surface area contributed by atoms with E-state index in [0.29, 0.717) is 11.4 Å². The third kappa shape index (κ3) is 3.89. The number of fused-ring (bicyclic) bond motifs is 1. The van der Waals surface area contributed by atoms with Crippen molar-refractivity contribution in [2.45, 2.75) is 37.8 Å². The highest BCUT2D eigenvalue weighted by Crippen LogP contribution is 2.40. The van der Waals surface area contributed by atoms with Gasteiger partial charge in [0, 0.05) is 11.2 Å². The summed E-state index contributed by atoms with van der Waals surface area (Å²) in [4.78, 5) is 0.299. The molecule has 0 radical (unpaired) electrons. The number of anilines is 1. The van der Waals surface area contributed by atoms with E-state index in [4.69, 9.17) is 0 Å². The van der Waals surface area contributed by atoms with Crippen LogP contribution in [0, 0.1) is 6.92 Å². The molecule has 0 unspecified atom stereocenters. The minimum Gasteiger partial charge on any atom is -0.257 e. The molecule has 0 aliphatic carbocycles. The molecule has 1 aliphatic rings.